The highest BCUT2D eigenvalue weighted by molar-refractivity contribution is 9.10. The number of aromatic nitrogens is 1. The largest absolute Gasteiger partial charge is 0.396 e. The van der Waals surface area contributed by atoms with Crippen molar-refractivity contribution in [1.82, 2.24) is 10.3 Å². The lowest BCUT2D eigenvalue weighted by Gasteiger charge is -2.15. The first-order valence-corrected chi connectivity index (χ1v) is 7.95. The average Bonchev–Trinajstić information content (AvgIpc) is 2.49. The van der Waals surface area contributed by atoms with Gasteiger partial charge in [-0.2, -0.15) is 0 Å². The fourth-order valence-electron chi connectivity index (χ4n) is 2.22. The molecule has 1 heterocycles. The summed E-state index contributed by atoms with van der Waals surface area (Å²) >= 11 is 3.59. The minimum Gasteiger partial charge on any atom is -0.396 e. The Morgan fingerprint density at radius 1 is 1.29 bits per heavy atom. The first-order chi connectivity index (χ1) is 10.2. The smallest absolute Gasteiger partial charge is 0.0475 e. The summed E-state index contributed by atoms with van der Waals surface area (Å²) in [6, 6.07) is 12.2. The van der Waals surface area contributed by atoms with Crippen molar-refractivity contribution in [3.8, 4) is 0 Å². The van der Waals surface area contributed by atoms with Gasteiger partial charge in [0.25, 0.3) is 0 Å². The van der Waals surface area contributed by atoms with Crippen molar-refractivity contribution in [2.45, 2.75) is 19.9 Å². The van der Waals surface area contributed by atoms with E-state index < -0.39 is 0 Å². The first-order valence-electron chi connectivity index (χ1n) is 7.15. The van der Waals surface area contributed by atoms with Crippen LogP contribution >= 0.6 is 15.9 Å². The molecule has 2 N–H and O–H groups in total. The van der Waals surface area contributed by atoms with Crippen LogP contribution in [0.4, 0.5) is 0 Å². The van der Waals surface area contributed by atoms with Crippen molar-refractivity contribution in [2.75, 3.05) is 13.2 Å². The average molecular weight is 349 g/mol. The van der Waals surface area contributed by atoms with Gasteiger partial charge in [0, 0.05) is 36.1 Å². The van der Waals surface area contributed by atoms with Crippen LogP contribution in [0.2, 0.25) is 0 Å². The van der Waals surface area contributed by atoms with Crippen LogP contribution in [0.25, 0.3) is 0 Å². The zero-order chi connectivity index (χ0) is 15.1. The second-order valence-electron chi connectivity index (χ2n) is 5.30. The van der Waals surface area contributed by atoms with Crippen molar-refractivity contribution in [1.29, 1.82) is 0 Å². The summed E-state index contributed by atoms with van der Waals surface area (Å²) in [5, 5.41) is 12.9. The number of hydrogen-bond donors (Lipinski definition) is 2. The summed E-state index contributed by atoms with van der Waals surface area (Å²) in [5.74, 6) is 0.184. The molecule has 0 bridgehead atoms. The Labute approximate surface area is 134 Å². The maximum atomic E-state index is 9.50. The molecule has 1 unspecified atom stereocenters. The number of aryl methyl sites for hydroxylation is 1. The molecule has 0 saturated heterocycles. The summed E-state index contributed by atoms with van der Waals surface area (Å²) in [4.78, 5) is 4.31. The third kappa shape index (κ3) is 5.23. The number of hydrogen-bond acceptors (Lipinski definition) is 3. The van der Waals surface area contributed by atoms with E-state index in [0.29, 0.717) is 0 Å². The van der Waals surface area contributed by atoms with E-state index in [9.17, 15) is 5.11 Å². The molecule has 1 atom stereocenters. The predicted molar refractivity (Wildman–Crippen MR) is 89.1 cm³/mol. The molecule has 1 aromatic heterocycles. The molecule has 0 amide bonds. The Balaban J connectivity index is 1.83. The van der Waals surface area contributed by atoms with Gasteiger partial charge in [0.15, 0.2) is 0 Å². The first kappa shape index (κ1) is 16.1. The minimum absolute atomic E-state index is 0.165. The summed E-state index contributed by atoms with van der Waals surface area (Å²) in [6.07, 6.45) is 2.58. The Kier molecular flexibility index (Phi) is 6.36. The molecule has 112 valence electrons. The summed E-state index contributed by atoms with van der Waals surface area (Å²) in [7, 11) is 0. The molecule has 3 nitrogen and oxygen atoms in total. The van der Waals surface area contributed by atoms with Gasteiger partial charge in [-0.1, -0.05) is 34.1 Å². The standard InChI is InChI=1S/C17H21BrN2O/c1-13-5-6-15(17(18)8-13)11-19-10-14(12-21)9-16-4-2-3-7-20-16/h2-8,14,19,21H,9-12H2,1H3. The number of rotatable bonds is 7. The van der Waals surface area contributed by atoms with Crippen LogP contribution in [-0.2, 0) is 13.0 Å². The lowest BCUT2D eigenvalue weighted by molar-refractivity contribution is 0.220. The third-order valence-electron chi connectivity index (χ3n) is 3.44. The molecular formula is C17H21BrN2O. The Morgan fingerprint density at radius 2 is 2.14 bits per heavy atom. The Morgan fingerprint density at radius 3 is 2.81 bits per heavy atom. The quantitative estimate of drug-likeness (QED) is 0.808. The van der Waals surface area contributed by atoms with Crippen molar-refractivity contribution in [3.63, 3.8) is 0 Å². The van der Waals surface area contributed by atoms with Crippen LogP contribution in [0.1, 0.15) is 16.8 Å². The molecule has 4 heteroatoms. The van der Waals surface area contributed by atoms with Crippen molar-refractivity contribution in [3.05, 3.63) is 63.9 Å². The van der Waals surface area contributed by atoms with Crippen LogP contribution in [0, 0.1) is 12.8 Å². The zero-order valence-corrected chi connectivity index (χ0v) is 13.8. The highest BCUT2D eigenvalue weighted by Crippen LogP contribution is 2.18. The summed E-state index contributed by atoms with van der Waals surface area (Å²) in [5.41, 5.74) is 3.50. The van der Waals surface area contributed by atoms with E-state index >= 15 is 0 Å². The maximum absolute atomic E-state index is 9.50. The van der Waals surface area contributed by atoms with Gasteiger partial charge >= 0.3 is 0 Å². The van der Waals surface area contributed by atoms with Crippen molar-refractivity contribution >= 4 is 15.9 Å². The number of nitrogens with zero attached hydrogens (tertiary/aromatic N) is 1. The van der Waals surface area contributed by atoms with Gasteiger partial charge in [0.05, 0.1) is 0 Å². The van der Waals surface area contributed by atoms with Crippen molar-refractivity contribution in [2.24, 2.45) is 5.92 Å². The van der Waals surface area contributed by atoms with Gasteiger partial charge in [-0.25, -0.2) is 0 Å². The van der Waals surface area contributed by atoms with E-state index in [1.807, 2.05) is 18.2 Å². The molecule has 0 aliphatic rings. The molecule has 2 aromatic rings. The number of aliphatic hydroxyl groups excluding tert-OH is 1. The highest BCUT2D eigenvalue weighted by Gasteiger charge is 2.09. The number of nitrogens with one attached hydrogen (secondary N) is 1. The lowest BCUT2D eigenvalue weighted by atomic mass is 10.0. The highest BCUT2D eigenvalue weighted by atomic mass is 79.9. The molecule has 0 aliphatic heterocycles. The van der Waals surface area contributed by atoms with Crippen LogP contribution in [0.5, 0.6) is 0 Å². The number of halogens is 1. The van der Waals surface area contributed by atoms with Crippen molar-refractivity contribution < 1.29 is 5.11 Å². The van der Waals surface area contributed by atoms with Gasteiger partial charge in [-0.05, 0) is 48.6 Å². The summed E-state index contributed by atoms with van der Waals surface area (Å²) in [6.45, 7) is 3.81. The normalized spacial score (nSPS) is 12.3. The molecule has 0 aliphatic carbocycles. The Bertz CT molecular complexity index is 560. The zero-order valence-electron chi connectivity index (χ0n) is 12.2. The SMILES string of the molecule is Cc1ccc(CNCC(CO)Cc2ccccn2)c(Br)c1. The number of pyridine rings is 1. The Hall–Kier alpha value is -1.23. The molecule has 0 saturated carbocycles. The van der Waals surface area contributed by atoms with Crippen LogP contribution < -0.4 is 5.32 Å². The third-order valence-corrected chi connectivity index (χ3v) is 4.18. The molecule has 21 heavy (non-hydrogen) atoms. The fraction of sp³-hybridized carbons (Fsp3) is 0.353. The van der Waals surface area contributed by atoms with Gasteiger partial charge in [0.2, 0.25) is 0 Å². The monoisotopic (exact) mass is 348 g/mol. The van der Waals surface area contributed by atoms with Gasteiger partial charge in [-0.15, -0.1) is 0 Å². The van der Waals surface area contributed by atoms with Gasteiger partial charge < -0.3 is 10.4 Å². The molecule has 2 rings (SSSR count). The molecular weight excluding hydrogens is 328 g/mol. The minimum atomic E-state index is 0.165. The summed E-state index contributed by atoms with van der Waals surface area (Å²) < 4.78 is 1.13. The van der Waals surface area contributed by atoms with Crippen LogP contribution in [0.15, 0.2) is 47.1 Å². The van der Waals surface area contributed by atoms with E-state index in [1.165, 1.54) is 11.1 Å². The van der Waals surface area contributed by atoms with E-state index in [4.69, 9.17) is 0 Å². The molecule has 0 spiro atoms. The topological polar surface area (TPSA) is 45.1 Å². The number of benzene rings is 1. The van der Waals surface area contributed by atoms with E-state index in [2.05, 4.69) is 51.4 Å². The van der Waals surface area contributed by atoms with E-state index in [1.54, 1.807) is 6.20 Å². The van der Waals surface area contributed by atoms with E-state index in [-0.39, 0.29) is 12.5 Å². The van der Waals surface area contributed by atoms with Crippen LogP contribution in [0.3, 0.4) is 0 Å². The van der Waals surface area contributed by atoms with Crippen LogP contribution in [-0.4, -0.2) is 23.2 Å². The second-order valence-corrected chi connectivity index (χ2v) is 6.15. The van der Waals surface area contributed by atoms with Gasteiger partial charge in [-0.3, -0.25) is 4.98 Å². The molecule has 0 fully saturated rings. The fourth-order valence-corrected chi connectivity index (χ4v) is 2.86. The second kappa shape index (κ2) is 8.27. The van der Waals surface area contributed by atoms with E-state index in [0.717, 1.165) is 29.7 Å². The number of aliphatic hydroxyl groups is 1. The maximum Gasteiger partial charge on any atom is 0.0475 e. The molecule has 1 aromatic carbocycles. The predicted octanol–water partition coefficient (Wildman–Crippen LogP) is 3.09. The van der Waals surface area contributed by atoms with Gasteiger partial charge in [0.1, 0.15) is 0 Å². The molecule has 0 radical (unpaired) electrons. The lowest BCUT2D eigenvalue weighted by Crippen LogP contribution is -2.26.